The van der Waals surface area contributed by atoms with Crippen molar-refractivity contribution in [3.63, 3.8) is 0 Å². The van der Waals surface area contributed by atoms with Gasteiger partial charge in [-0.2, -0.15) is 8.61 Å². The second-order valence-electron chi connectivity index (χ2n) is 8.30. The van der Waals surface area contributed by atoms with Crippen molar-refractivity contribution in [2.45, 2.75) is 22.4 Å². The molecular weight excluding hydrogens is 486 g/mol. The third-order valence-corrected chi connectivity index (χ3v) is 9.75. The SMILES string of the molecule is CN(Cc1ccccc1)C(=O)[C@@H]1CN(S(=O)(=O)c2ccccc2)CCN1S(=O)(=O)c1ccccc1. The Morgan fingerprint density at radius 2 is 1.26 bits per heavy atom. The van der Waals surface area contributed by atoms with Gasteiger partial charge < -0.3 is 4.90 Å². The minimum absolute atomic E-state index is 0.0582. The maximum atomic E-state index is 13.6. The maximum Gasteiger partial charge on any atom is 0.243 e. The molecule has 1 amide bonds. The van der Waals surface area contributed by atoms with Crippen molar-refractivity contribution in [2.24, 2.45) is 0 Å². The zero-order valence-electron chi connectivity index (χ0n) is 19.3. The van der Waals surface area contributed by atoms with Crippen molar-refractivity contribution in [3.05, 3.63) is 96.6 Å². The highest BCUT2D eigenvalue weighted by Crippen LogP contribution is 2.26. The fourth-order valence-corrected chi connectivity index (χ4v) is 7.15. The number of hydrogen-bond donors (Lipinski definition) is 0. The molecule has 8 nitrogen and oxygen atoms in total. The molecule has 1 saturated heterocycles. The van der Waals surface area contributed by atoms with Crippen LogP contribution in [0.5, 0.6) is 0 Å². The molecule has 0 bridgehead atoms. The van der Waals surface area contributed by atoms with Gasteiger partial charge in [0.05, 0.1) is 9.79 Å². The third-order valence-electron chi connectivity index (χ3n) is 5.95. The molecule has 0 unspecified atom stereocenters. The van der Waals surface area contributed by atoms with Crippen LogP contribution in [0.1, 0.15) is 5.56 Å². The topological polar surface area (TPSA) is 95.1 Å². The van der Waals surface area contributed by atoms with E-state index in [1.54, 1.807) is 43.4 Å². The van der Waals surface area contributed by atoms with E-state index in [9.17, 15) is 21.6 Å². The van der Waals surface area contributed by atoms with Gasteiger partial charge in [-0.1, -0.05) is 66.7 Å². The van der Waals surface area contributed by atoms with Crippen LogP contribution in [0.3, 0.4) is 0 Å². The summed E-state index contributed by atoms with van der Waals surface area (Å²) in [6.07, 6.45) is 0. The van der Waals surface area contributed by atoms with Crippen molar-refractivity contribution < 1.29 is 21.6 Å². The van der Waals surface area contributed by atoms with Gasteiger partial charge in [0.2, 0.25) is 26.0 Å². The zero-order valence-corrected chi connectivity index (χ0v) is 20.9. The number of nitrogens with zero attached hydrogens (tertiary/aromatic N) is 3. The number of carbonyl (C=O) groups excluding carboxylic acids is 1. The first-order chi connectivity index (χ1) is 16.7. The molecule has 0 aliphatic carbocycles. The highest BCUT2D eigenvalue weighted by Gasteiger charge is 2.44. The van der Waals surface area contributed by atoms with Crippen LogP contribution < -0.4 is 0 Å². The summed E-state index contributed by atoms with van der Waals surface area (Å²) in [4.78, 5) is 15.2. The van der Waals surface area contributed by atoms with Gasteiger partial charge in [0.15, 0.2) is 0 Å². The number of carbonyl (C=O) groups is 1. The lowest BCUT2D eigenvalue weighted by atomic mass is 10.1. The normalized spacial score (nSPS) is 17.7. The molecule has 1 atom stereocenters. The van der Waals surface area contributed by atoms with Crippen LogP contribution in [0.2, 0.25) is 0 Å². The summed E-state index contributed by atoms with van der Waals surface area (Å²) in [5.41, 5.74) is 0.880. The molecular formula is C25H27N3O5S2. The van der Waals surface area contributed by atoms with E-state index in [2.05, 4.69) is 0 Å². The number of piperazine rings is 1. The van der Waals surface area contributed by atoms with Crippen LogP contribution in [-0.4, -0.2) is 69.0 Å². The highest BCUT2D eigenvalue weighted by molar-refractivity contribution is 7.89. The lowest BCUT2D eigenvalue weighted by Crippen LogP contribution is -2.61. The molecule has 0 aromatic heterocycles. The van der Waals surface area contributed by atoms with Gasteiger partial charge in [-0.3, -0.25) is 4.79 Å². The molecule has 35 heavy (non-hydrogen) atoms. The lowest BCUT2D eigenvalue weighted by Gasteiger charge is -2.40. The van der Waals surface area contributed by atoms with Crippen LogP contribution in [0, 0.1) is 0 Å². The van der Waals surface area contributed by atoms with Gasteiger partial charge in [-0.25, -0.2) is 16.8 Å². The first kappa shape index (κ1) is 25.1. The molecule has 1 aliphatic heterocycles. The van der Waals surface area contributed by atoms with Crippen molar-refractivity contribution >= 4 is 26.0 Å². The molecule has 1 heterocycles. The van der Waals surface area contributed by atoms with Crippen molar-refractivity contribution in [1.82, 2.24) is 13.5 Å². The van der Waals surface area contributed by atoms with E-state index in [0.717, 1.165) is 9.87 Å². The fraction of sp³-hybridized carbons (Fsp3) is 0.240. The van der Waals surface area contributed by atoms with Crippen LogP contribution in [0.15, 0.2) is 101 Å². The van der Waals surface area contributed by atoms with E-state index < -0.39 is 32.0 Å². The Morgan fingerprint density at radius 3 is 1.80 bits per heavy atom. The van der Waals surface area contributed by atoms with Gasteiger partial charge in [-0.05, 0) is 29.8 Å². The Labute approximate surface area is 206 Å². The summed E-state index contributed by atoms with van der Waals surface area (Å²) in [5.74, 6) is -0.471. The maximum absolute atomic E-state index is 13.6. The molecule has 1 aliphatic rings. The van der Waals surface area contributed by atoms with Crippen LogP contribution >= 0.6 is 0 Å². The fourth-order valence-electron chi connectivity index (χ4n) is 4.11. The predicted molar refractivity (Wildman–Crippen MR) is 132 cm³/mol. The van der Waals surface area contributed by atoms with Crippen LogP contribution in [-0.2, 0) is 31.4 Å². The summed E-state index contributed by atoms with van der Waals surface area (Å²) in [6, 6.07) is 23.9. The van der Waals surface area contributed by atoms with E-state index in [0.29, 0.717) is 0 Å². The quantitative estimate of drug-likeness (QED) is 0.484. The predicted octanol–water partition coefficient (Wildman–Crippen LogP) is 2.41. The Kier molecular flexibility index (Phi) is 7.36. The summed E-state index contributed by atoms with van der Waals surface area (Å²) in [5, 5.41) is 0. The number of likely N-dealkylation sites (N-methyl/N-ethyl adjacent to an activating group) is 1. The van der Waals surface area contributed by atoms with E-state index >= 15 is 0 Å². The average Bonchev–Trinajstić information content (AvgIpc) is 2.89. The molecule has 0 N–H and O–H groups in total. The molecule has 10 heteroatoms. The summed E-state index contributed by atoms with van der Waals surface area (Å²) in [7, 11) is -6.35. The Balaban J connectivity index is 1.67. The van der Waals surface area contributed by atoms with E-state index in [4.69, 9.17) is 0 Å². The van der Waals surface area contributed by atoms with Crippen LogP contribution in [0.4, 0.5) is 0 Å². The van der Waals surface area contributed by atoms with Crippen LogP contribution in [0.25, 0.3) is 0 Å². The van der Waals surface area contributed by atoms with E-state index in [1.165, 1.54) is 33.5 Å². The second-order valence-corrected chi connectivity index (χ2v) is 12.1. The Hall–Kier alpha value is -3.05. The molecule has 3 aromatic carbocycles. The summed E-state index contributed by atoms with van der Waals surface area (Å²) >= 11 is 0. The average molecular weight is 514 g/mol. The second kappa shape index (κ2) is 10.3. The third kappa shape index (κ3) is 5.30. The first-order valence-corrected chi connectivity index (χ1v) is 14.0. The summed E-state index contributed by atoms with van der Waals surface area (Å²) < 4.78 is 55.9. The summed E-state index contributed by atoms with van der Waals surface area (Å²) in [6.45, 7) is -0.212. The first-order valence-electron chi connectivity index (χ1n) is 11.1. The van der Waals surface area contributed by atoms with Gasteiger partial charge >= 0.3 is 0 Å². The van der Waals surface area contributed by atoms with Crippen molar-refractivity contribution in [2.75, 3.05) is 26.7 Å². The highest BCUT2D eigenvalue weighted by atomic mass is 32.2. The number of amides is 1. The minimum atomic E-state index is -4.03. The zero-order chi connectivity index (χ0) is 25.1. The van der Waals surface area contributed by atoms with Gasteiger partial charge in [-0.15, -0.1) is 0 Å². The van der Waals surface area contributed by atoms with Gasteiger partial charge in [0, 0.05) is 33.2 Å². The molecule has 0 spiro atoms. The molecule has 4 rings (SSSR count). The molecule has 0 radical (unpaired) electrons. The van der Waals surface area contributed by atoms with Gasteiger partial charge in [0.1, 0.15) is 6.04 Å². The van der Waals surface area contributed by atoms with E-state index in [1.807, 2.05) is 30.3 Å². The number of benzene rings is 3. The van der Waals surface area contributed by atoms with Crippen molar-refractivity contribution in [1.29, 1.82) is 0 Å². The minimum Gasteiger partial charge on any atom is -0.340 e. The largest absolute Gasteiger partial charge is 0.340 e. The molecule has 0 saturated carbocycles. The number of hydrogen-bond acceptors (Lipinski definition) is 5. The molecule has 1 fully saturated rings. The van der Waals surface area contributed by atoms with E-state index in [-0.39, 0.29) is 36.0 Å². The smallest absolute Gasteiger partial charge is 0.243 e. The monoisotopic (exact) mass is 513 g/mol. The van der Waals surface area contributed by atoms with Gasteiger partial charge in [0.25, 0.3) is 0 Å². The number of rotatable bonds is 7. The Bertz CT molecular complexity index is 1370. The Morgan fingerprint density at radius 1 is 0.771 bits per heavy atom. The molecule has 3 aromatic rings. The van der Waals surface area contributed by atoms with Crippen molar-refractivity contribution in [3.8, 4) is 0 Å². The standard InChI is InChI=1S/C25H27N3O5S2/c1-26(19-21-11-5-2-6-12-21)25(29)24-20-27(34(30,31)22-13-7-3-8-14-22)17-18-28(24)35(32,33)23-15-9-4-10-16-23/h2-16,24H,17-20H2,1H3/t24-/m0/s1. The molecule has 184 valence electrons. The lowest BCUT2D eigenvalue weighted by molar-refractivity contribution is -0.135. The number of sulfonamides is 2.